The highest BCUT2D eigenvalue weighted by Gasteiger charge is 2.06. The first-order valence-electron chi connectivity index (χ1n) is 6.07. The summed E-state index contributed by atoms with van der Waals surface area (Å²) >= 11 is 0. The van der Waals surface area contributed by atoms with Gasteiger partial charge in [-0.3, -0.25) is 4.68 Å². The van der Waals surface area contributed by atoms with Crippen molar-refractivity contribution in [3.05, 3.63) is 24.3 Å². The first-order chi connectivity index (χ1) is 8.65. The van der Waals surface area contributed by atoms with Crippen molar-refractivity contribution in [2.24, 2.45) is 13.0 Å². The van der Waals surface area contributed by atoms with Gasteiger partial charge < -0.3 is 5.32 Å². The molecule has 0 aliphatic heterocycles. The van der Waals surface area contributed by atoms with Gasteiger partial charge >= 0.3 is 0 Å². The van der Waals surface area contributed by atoms with Crippen LogP contribution in [0.3, 0.4) is 0 Å². The van der Waals surface area contributed by atoms with E-state index in [1.165, 1.54) is 0 Å². The fraction of sp³-hybridized carbons (Fsp3) is 0.636. The lowest BCUT2D eigenvalue weighted by atomic mass is 10.2. The third-order valence-electron chi connectivity index (χ3n) is 2.45. The Kier molecular flexibility index (Phi) is 4.03. The number of nitrogens with one attached hydrogen (secondary N) is 1. The van der Waals surface area contributed by atoms with Gasteiger partial charge in [-0.25, -0.2) is 14.6 Å². The monoisotopic (exact) mass is 249 g/mol. The Morgan fingerprint density at radius 1 is 1.28 bits per heavy atom. The van der Waals surface area contributed by atoms with E-state index < -0.39 is 0 Å². The molecule has 2 rings (SSSR count). The second-order valence-corrected chi connectivity index (χ2v) is 4.69. The summed E-state index contributed by atoms with van der Waals surface area (Å²) in [7, 11) is 1.86. The molecule has 2 aromatic rings. The zero-order chi connectivity index (χ0) is 13.0. The van der Waals surface area contributed by atoms with Crippen LogP contribution >= 0.6 is 0 Å². The number of rotatable bonds is 6. The fourth-order valence-corrected chi connectivity index (χ4v) is 1.67. The van der Waals surface area contributed by atoms with Gasteiger partial charge in [0.25, 0.3) is 0 Å². The van der Waals surface area contributed by atoms with Gasteiger partial charge in [0, 0.05) is 13.6 Å². The Morgan fingerprint density at radius 3 is 2.78 bits per heavy atom. The lowest BCUT2D eigenvalue weighted by Crippen LogP contribution is -2.19. The minimum absolute atomic E-state index is 0.558. The molecular formula is C11H19N7. The van der Waals surface area contributed by atoms with E-state index in [0.29, 0.717) is 19.0 Å². The highest BCUT2D eigenvalue weighted by molar-refractivity contribution is 4.86. The maximum absolute atomic E-state index is 4.25. The average molecular weight is 249 g/mol. The highest BCUT2D eigenvalue weighted by Crippen LogP contribution is 2.01. The summed E-state index contributed by atoms with van der Waals surface area (Å²) < 4.78 is 3.63. The van der Waals surface area contributed by atoms with Gasteiger partial charge in [0.2, 0.25) is 0 Å². The van der Waals surface area contributed by atoms with Gasteiger partial charge in [-0.05, 0) is 5.92 Å². The first kappa shape index (κ1) is 12.7. The normalized spacial score (nSPS) is 11.3. The van der Waals surface area contributed by atoms with Crippen LogP contribution in [0.25, 0.3) is 0 Å². The molecule has 0 radical (unpaired) electrons. The second-order valence-electron chi connectivity index (χ2n) is 4.69. The first-order valence-corrected chi connectivity index (χ1v) is 6.07. The number of aryl methyl sites for hydroxylation is 1. The minimum atomic E-state index is 0.558. The summed E-state index contributed by atoms with van der Waals surface area (Å²) in [5, 5.41) is 11.7. The molecule has 18 heavy (non-hydrogen) atoms. The predicted molar refractivity (Wildman–Crippen MR) is 66.4 cm³/mol. The fourth-order valence-electron chi connectivity index (χ4n) is 1.67. The summed E-state index contributed by atoms with van der Waals surface area (Å²) in [5.41, 5.74) is 0. The van der Waals surface area contributed by atoms with E-state index in [1.807, 2.05) is 11.7 Å². The van der Waals surface area contributed by atoms with Gasteiger partial charge in [0.15, 0.2) is 5.82 Å². The van der Waals surface area contributed by atoms with Crippen molar-refractivity contribution in [1.82, 2.24) is 34.8 Å². The summed E-state index contributed by atoms with van der Waals surface area (Å²) in [4.78, 5) is 8.40. The van der Waals surface area contributed by atoms with Crippen molar-refractivity contribution in [3.8, 4) is 0 Å². The molecule has 0 spiro atoms. The van der Waals surface area contributed by atoms with Crippen LogP contribution in [0.2, 0.25) is 0 Å². The Bertz CT molecular complexity index is 485. The van der Waals surface area contributed by atoms with Crippen LogP contribution in [-0.4, -0.2) is 29.5 Å². The average Bonchev–Trinajstić information content (AvgIpc) is 2.88. The second kappa shape index (κ2) is 5.72. The zero-order valence-electron chi connectivity index (χ0n) is 11.0. The molecule has 7 heteroatoms. The van der Waals surface area contributed by atoms with Crippen molar-refractivity contribution in [3.63, 3.8) is 0 Å². The summed E-state index contributed by atoms with van der Waals surface area (Å²) in [6, 6.07) is 0. The van der Waals surface area contributed by atoms with E-state index in [4.69, 9.17) is 0 Å². The quantitative estimate of drug-likeness (QED) is 0.799. The molecule has 0 atom stereocenters. The SMILES string of the molecule is CC(C)Cn1ncnc1CNCc1ncn(C)n1. The number of hydrogen-bond donors (Lipinski definition) is 1. The Balaban J connectivity index is 1.84. The standard InChI is InChI=1S/C11H19N7/c1-9(2)6-18-11(13-7-15-18)5-12-4-10-14-8-17(3)16-10/h7-9,12H,4-6H2,1-3H3. The maximum atomic E-state index is 4.25. The number of aromatic nitrogens is 6. The van der Waals surface area contributed by atoms with Crippen LogP contribution in [0.1, 0.15) is 25.5 Å². The maximum Gasteiger partial charge on any atom is 0.164 e. The summed E-state index contributed by atoms with van der Waals surface area (Å²) in [6.45, 7) is 6.52. The zero-order valence-corrected chi connectivity index (χ0v) is 11.0. The molecule has 7 nitrogen and oxygen atoms in total. The third kappa shape index (κ3) is 3.36. The molecule has 2 heterocycles. The van der Waals surface area contributed by atoms with E-state index in [-0.39, 0.29) is 0 Å². The van der Waals surface area contributed by atoms with Crippen molar-refractivity contribution < 1.29 is 0 Å². The van der Waals surface area contributed by atoms with Gasteiger partial charge in [-0.15, -0.1) is 0 Å². The minimum Gasteiger partial charge on any atom is -0.303 e. The van der Waals surface area contributed by atoms with Gasteiger partial charge in [0.05, 0.1) is 13.1 Å². The molecule has 0 unspecified atom stereocenters. The number of hydrogen-bond acceptors (Lipinski definition) is 5. The van der Waals surface area contributed by atoms with E-state index in [9.17, 15) is 0 Å². The van der Waals surface area contributed by atoms with Crippen LogP contribution in [0, 0.1) is 5.92 Å². The van der Waals surface area contributed by atoms with Crippen LogP contribution in [0.5, 0.6) is 0 Å². The van der Waals surface area contributed by atoms with Gasteiger partial charge in [0.1, 0.15) is 18.5 Å². The topological polar surface area (TPSA) is 73.5 Å². The molecule has 1 N–H and O–H groups in total. The highest BCUT2D eigenvalue weighted by atomic mass is 15.3. The molecule has 2 aromatic heterocycles. The lowest BCUT2D eigenvalue weighted by Gasteiger charge is -2.08. The van der Waals surface area contributed by atoms with Gasteiger partial charge in [-0.2, -0.15) is 10.2 Å². The van der Waals surface area contributed by atoms with Crippen molar-refractivity contribution in [2.75, 3.05) is 0 Å². The third-order valence-corrected chi connectivity index (χ3v) is 2.45. The van der Waals surface area contributed by atoms with Crippen molar-refractivity contribution in [1.29, 1.82) is 0 Å². The Hall–Kier alpha value is -1.76. The van der Waals surface area contributed by atoms with E-state index in [0.717, 1.165) is 18.2 Å². The molecular weight excluding hydrogens is 230 g/mol. The summed E-state index contributed by atoms with van der Waals surface area (Å²) in [5.74, 6) is 2.29. The molecule has 0 amide bonds. The predicted octanol–water partition coefficient (Wildman–Crippen LogP) is 0.352. The van der Waals surface area contributed by atoms with Crippen molar-refractivity contribution in [2.45, 2.75) is 33.5 Å². The van der Waals surface area contributed by atoms with Crippen molar-refractivity contribution >= 4 is 0 Å². The summed E-state index contributed by atoms with van der Waals surface area (Å²) in [6.07, 6.45) is 3.29. The van der Waals surface area contributed by atoms with E-state index in [2.05, 4.69) is 39.3 Å². The molecule has 0 fully saturated rings. The number of nitrogens with zero attached hydrogens (tertiary/aromatic N) is 6. The van der Waals surface area contributed by atoms with Crippen LogP contribution < -0.4 is 5.32 Å². The van der Waals surface area contributed by atoms with E-state index in [1.54, 1.807) is 17.3 Å². The Labute approximate surface area is 106 Å². The molecule has 98 valence electrons. The molecule has 0 aliphatic rings. The lowest BCUT2D eigenvalue weighted by molar-refractivity contribution is 0.456. The smallest absolute Gasteiger partial charge is 0.164 e. The Morgan fingerprint density at radius 2 is 2.11 bits per heavy atom. The molecule has 0 aromatic carbocycles. The molecule has 0 saturated carbocycles. The molecule has 0 aliphatic carbocycles. The van der Waals surface area contributed by atoms with Crippen LogP contribution in [0.4, 0.5) is 0 Å². The largest absolute Gasteiger partial charge is 0.303 e. The van der Waals surface area contributed by atoms with Crippen LogP contribution in [0.15, 0.2) is 12.7 Å². The molecule has 0 saturated heterocycles. The molecule has 0 bridgehead atoms. The van der Waals surface area contributed by atoms with E-state index >= 15 is 0 Å². The van der Waals surface area contributed by atoms with Crippen LogP contribution in [-0.2, 0) is 26.7 Å². The van der Waals surface area contributed by atoms with Gasteiger partial charge in [-0.1, -0.05) is 13.8 Å².